The molecule has 2 aliphatic rings. The summed E-state index contributed by atoms with van der Waals surface area (Å²) in [4.78, 5) is 41.8. The minimum absolute atomic E-state index is 0.0287. The number of hydrogen-bond acceptors (Lipinski definition) is 4. The summed E-state index contributed by atoms with van der Waals surface area (Å²) in [5.74, 6) is 0.282. The maximum absolute atomic E-state index is 13.1. The van der Waals surface area contributed by atoms with Crippen molar-refractivity contribution in [2.75, 3.05) is 26.2 Å². The monoisotopic (exact) mass is 410 g/mol. The number of hydrogen-bond donors (Lipinski definition) is 0. The molecule has 0 N–H and O–H groups in total. The van der Waals surface area contributed by atoms with Crippen molar-refractivity contribution in [3.8, 4) is 0 Å². The zero-order valence-corrected chi connectivity index (χ0v) is 17.5. The Morgan fingerprint density at radius 2 is 1.86 bits per heavy atom. The molecule has 1 aromatic heterocycles. The first-order chi connectivity index (χ1) is 14.0. The molecule has 0 radical (unpaired) electrons. The third-order valence-electron chi connectivity index (χ3n) is 6.18. The minimum atomic E-state index is -0.397. The number of Topliss-reactive ketones (excluding diaryl/α,β-unsaturated/α-hetero) is 1. The van der Waals surface area contributed by atoms with Crippen LogP contribution in [-0.4, -0.2) is 53.6 Å². The van der Waals surface area contributed by atoms with Crippen molar-refractivity contribution in [2.45, 2.75) is 32.6 Å². The van der Waals surface area contributed by atoms with Crippen LogP contribution in [-0.2, 0) is 22.4 Å². The first-order valence-corrected chi connectivity index (χ1v) is 11.0. The van der Waals surface area contributed by atoms with Gasteiger partial charge in [-0.15, -0.1) is 11.3 Å². The van der Waals surface area contributed by atoms with Crippen LogP contribution >= 0.6 is 11.3 Å². The van der Waals surface area contributed by atoms with Gasteiger partial charge in [0.15, 0.2) is 5.78 Å². The number of carbonyl (C=O) groups is 3. The molecular formula is C23H26N2O3S. The molecule has 3 heterocycles. The maximum atomic E-state index is 13.1. The van der Waals surface area contributed by atoms with Crippen LogP contribution in [0.1, 0.15) is 40.6 Å². The average molecular weight is 411 g/mol. The van der Waals surface area contributed by atoms with E-state index in [-0.39, 0.29) is 17.6 Å². The summed E-state index contributed by atoms with van der Waals surface area (Å²) in [5, 5.41) is 1.88. The van der Waals surface area contributed by atoms with Gasteiger partial charge in [0.05, 0.1) is 16.7 Å². The highest BCUT2D eigenvalue weighted by Gasteiger charge is 2.51. The largest absolute Gasteiger partial charge is 0.342 e. The van der Waals surface area contributed by atoms with E-state index in [1.807, 2.05) is 39.4 Å². The van der Waals surface area contributed by atoms with Gasteiger partial charge in [0.2, 0.25) is 11.8 Å². The van der Waals surface area contributed by atoms with Crippen molar-refractivity contribution in [3.05, 3.63) is 57.8 Å². The average Bonchev–Trinajstić information content (AvgIpc) is 3.43. The van der Waals surface area contributed by atoms with Crippen LogP contribution in [0.2, 0.25) is 0 Å². The molecule has 2 fully saturated rings. The molecule has 1 spiro atoms. The Bertz CT molecular complexity index is 923. The molecule has 29 heavy (non-hydrogen) atoms. The van der Waals surface area contributed by atoms with Crippen LogP contribution in [0.5, 0.6) is 0 Å². The fourth-order valence-electron chi connectivity index (χ4n) is 4.42. The van der Waals surface area contributed by atoms with Crippen molar-refractivity contribution >= 4 is 28.9 Å². The lowest BCUT2D eigenvalue weighted by Gasteiger charge is -2.23. The van der Waals surface area contributed by atoms with E-state index < -0.39 is 5.41 Å². The summed E-state index contributed by atoms with van der Waals surface area (Å²) >= 11 is 1.38. The number of benzene rings is 1. The maximum Gasteiger partial charge on any atom is 0.230 e. The molecule has 0 aliphatic carbocycles. The summed E-state index contributed by atoms with van der Waals surface area (Å²) in [6.07, 6.45) is 2.74. The second-order valence-electron chi connectivity index (χ2n) is 8.18. The number of thiophene rings is 1. The van der Waals surface area contributed by atoms with E-state index in [0.717, 1.165) is 37.9 Å². The summed E-state index contributed by atoms with van der Waals surface area (Å²) in [6, 6.07) is 12.0. The molecule has 2 aromatic rings. The summed E-state index contributed by atoms with van der Waals surface area (Å²) in [7, 11) is 0. The molecular weight excluding hydrogens is 384 g/mol. The lowest BCUT2D eigenvalue weighted by Crippen LogP contribution is -2.39. The van der Waals surface area contributed by atoms with Crippen LogP contribution in [0.4, 0.5) is 0 Å². The number of likely N-dealkylation sites (tertiary alicyclic amines) is 2. The molecule has 4 rings (SSSR count). The van der Waals surface area contributed by atoms with Crippen LogP contribution in [0.25, 0.3) is 0 Å². The van der Waals surface area contributed by atoms with E-state index in [9.17, 15) is 14.4 Å². The molecule has 6 heteroatoms. The zero-order chi connectivity index (χ0) is 20.4. The third-order valence-corrected chi connectivity index (χ3v) is 7.26. The smallest absolute Gasteiger partial charge is 0.230 e. The molecule has 5 nitrogen and oxygen atoms in total. The molecule has 1 unspecified atom stereocenters. The van der Waals surface area contributed by atoms with Crippen molar-refractivity contribution in [1.29, 1.82) is 0 Å². The quantitative estimate of drug-likeness (QED) is 0.688. The Kier molecular flexibility index (Phi) is 5.54. The number of rotatable bonds is 6. The summed E-state index contributed by atoms with van der Waals surface area (Å²) in [6.45, 7) is 4.22. The van der Waals surface area contributed by atoms with Gasteiger partial charge in [-0.3, -0.25) is 14.4 Å². The second kappa shape index (κ2) is 8.11. The Morgan fingerprint density at radius 1 is 1.10 bits per heavy atom. The highest BCUT2D eigenvalue weighted by molar-refractivity contribution is 7.12. The van der Waals surface area contributed by atoms with Gasteiger partial charge in [-0.25, -0.2) is 0 Å². The molecule has 1 aromatic carbocycles. The van der Waals surface area contributed by atoms with E-state index >= 15 is 0 Å². The van der Waals surface area contributed by atoms with Gasteiger partial charge in [-0.1, -0.05) is 30.3 Å². The van der Waals surface area contributed by atoms with E-state index in [1.165, 1.54) is 23.8 Å². The first kappa shape index (κ1) is 19.8. The predicted molar refractivity (Wildman–Crippen MR) is 113 cm³/mol. The van der Waals surface area contributed by atoms with Gasteiger partial charge in [0.25, 0.3) is 0 Å². The van der Waals surface area contributed by atoms with Crippen LogP contribution in [0.15, 0.2) is 41.8 Å². The third kappa shape index (κ3) is 4.13. The molecule has 2 saturated heterocycles. The van der Waals surface area contributed by atoms with Gasteiger partial charge in [0.1, 0.15) is 0 Å². The summed E-state index contributed by atoms with van der Waals surface area (Å²) < 4.78 is 0. The normalized spacial score (nSPS) is 21.3. The standard InChI is InChI=1S/C23H26N2O3S/c1-17(26)20-13-19(15-29-20)14-21(27)25-12-9-23(16-25)8-11-24(22(23)28)10-7-18-5-3-2-4-6-18/h2-6,13,15H,7-12,14,16H2,1H3. The van der Waals surface area contributed by atoms with E-state index in [4.69, 9.17) is 0 Å². The van der Waals surface area contributed by atoms with Gasteiger partial charge in [-0.2, -0.15) is 0 Å². The highest BCUT2D eigenvalue weighted by atomic mass is 32.1. The Balaban J connectivity index is 1.33. The van der Waals surface area contributed by atoms with Crippen molar-refractivity contribution in [2.24, 2.45) is 5.41 Å². The number of amides is 2. The van der Waals surface area contributed by atoms with Gasteiger partial charge >= 0.3 is 0 Å². The summed E-state index contributed by atoms with van der Waals surface area (Å²) in [5.41, 5.74) is 1.73. The van der Waals surface area contributed by atoms with Gasteiger partial charge in [-0.05, 0) is 48.8 Å². The Morgan fingerprint density at radius 3 is 2.59 bits per heavy atom. The molecule has 152 valence electrons. The van der Waals surface area contributed by atoms with E-state index in [0.29, 0.717) is 24.4 Å². The number of ketones is 1. The van der Waals surface area contributed by atoms with Crippen LogP contribution in [0.3, 0.4) is 0 Å². The van der Waals surface area contributed by atoms with Crippen LogP contribution in [0, 0.1) is 5.41 Å². The zero-order valence-electron chi connectivity index (χ0n) is 16.7. The number of nitrogens with zero attached hydrogens (tertiary/aromatic N) is 2. The lowest BCUT2D eigenvalue weighted by atomic mass is 9.85. The van der Waals surface area contributed by atoms with Gasteiger partial charge < -0.3 is 9.80 Å². The highest BCUT2D eigenvalue weighted by Crippen LogP contribution is 2.41. The van der Waals surface area contributed by atoms with Crippen LogP contribution < -0.4 is 0 Å². The lowest BCUT2D eigenvalue weighted by molar-refractivity contribution is -0.136. The molecule has 1 atom stereocenters. The molecule has 0 saturated carbocycles. The van der Waals surface area contributed by atoms with E-state index in [2.05, 4.69) is 12.1 Å². The van der Waals surface area contributed by atoms with Crippen molar-refractivity contribution in [3.63, 3.8) is 0 Å². The molecule has 0 bridgehead atoms. The molecule has 2 amide bonds. The second-order valence-corrected chi connectivity index (χ2v) is 9.09. The van der Waals surface area contributed by atoms with Crippen molar-refractivity contribution in [1.82, 2.24) is 9.80 Å². The van der Waals surface area contributed by atoms with E-state index in [1.54, 1.807) is 0 Å². The van der Waals surface area contributed by atoms with Crippen molar-refractivity contribution < 1.29 is 14.4 Å². The first-order valence-electron chi connectivity index (χ1n) is 10.2. The number of carbonyl (C=O) groups excluding carboxylic acids is 3. The SMILES string of the molecule is CC(=O)c1cc(CC(=O)N2CCC3(CCN(CCc4ccccc4)C3=O)C2)cs1. The Labute approximate surface area is 175 Å². The fraction of sp³-hybridized carbons (Fsp3) is 0.435. The topological polar surface area (TPSA) is 57.7 Å². The predicted octanol–water partition coefficient (Wildman–Crippen LogP) is 3.19. The Hall–Kier alpha value is -2.47. The molecule has 2 aliphatic heterocycles. The minimum Gasteiger partial charge on any atom is -0.342 e. The van der Waals surface area contributed by atoms with Gasteiger partial charge in [0, 0.05) is 26.2 Å². The fourth-order valence-corrected chi connectivity index (χ4v) is 5.23.